The third kappa shape index (κ3) is 3.95. The Morgan fingerprint density at radius 1 is 1.04 bits per heavy atom. The first kappa shape index (κ1) is 18.2. The Bertz CT molecular complexity index is 932. The van der Waals surface area contributed by atoms with Gasteiger partial charge in [0.25, 0.3) is 0 Å². The van der Waals surface area contributed by atoms with Crippen LogP contribution >= 0.6 is 23.2 Å². The summed E-state index contributed by atoms with van der Waals surface area (Å²) >= 11 is 12.0. The first-order chi connectivity index (χ1) is 12.5. The van der Waals surface area contributed by atoms with Gasteiger partial charge in [-0.25, -0.2) is 14.8 Å². The molecule has 26 heavy (non-hydrogen) atoms. The average molecular weight is 388 g/mol. The third-order valence-corrected chi connectivity index (χ3v) is 4.35. The van der Waals surface area contributed by atoms with Crippen LogP contribution in [-0.4, -0.2) is 15.9 Å². The van der Waals surface area contributed by atoms with Crippen LogP contribution in [-0.2, 0) is 4.74 Å². The number of hydrogen-bond donors (Lipinski definition) is 1. The number of nitrogens with two attached hydrogens (primary N) is 1. The fourth-order valence-corrected chi connectivity index (χ4v) is 2.62. The van der Waals surface area contributed by atoms with Crippen molar-refractivity contribution in [3.05, 3.63) is 75.9 Å². The summed E-state index contributed by atoms with van der Waals surface area (Å²) in [5.74, 6) is -0.399. The van der Waals surface area contributed by atoms with Crippen molar-refractivity contribution in [3.8, 4) is 11.4 Å². The number of benzene rings is 2. The number of carbonyl (C=O) groups excluding carboxylic acids is 1. The van der Waals surface area contributed by atoms with E-state index in [1.807, 2.05) is 30.3 Å². The maximum absolute atomic E-state index is 12.6. The van der Waals surface area contributed by atoms with E-state index in [0.717, 1.165) is 5.56 Å². The van der Waals surface area contributed by atoms with Gasteiger partial charge in [-0.05, 0) is 36.8 Å². The molecule has 3 aromatic rings. The number of nitrogens with zero attached hydrogens (tertiary/aromatic N) is 2. The summed E-state index contributed by atoms with van der Waals surface area (Å²) in [7, 11) is 0. The van der Waals surface area contributed by atoms with Crippen LogP contribution in [0.25, 0.3) is 11.4 Å². The fraction of sp³-hybridized carbons (Fsp3) is 0.105. The van der Waals surface area contributed by atoms with E-state index in [0.29, 0.717) is 10.6 Å². The second-order valence-corrected chi connectivity index (χ2v) is 6.37. The lowest BCUT2D eigenvalue weighted by Gasteiger charge is -2.14. The highest BCUT2D eigenvalue weighted by Gasteiger charge is 2.22. The number of hydrogen-bond acceptors (Lipinski definition) is 5. The Balaban J connectivity index is 1.91. The second kappa shape index (κ2) is 7.72. The van der Waals surface area contributed by atoms with Crippen molar-refractivity contribution in [1.29, 1.82) is 0 Å². The first-order valence-electron chi connectivity index (χ1n) is 7.80. The van der Waals surface area contributed by atoms with Crippen LogP contribution in [0.2, 0.25) is 10.0 Å². The summed E-state index contributed by atoms with van der Waals surface area (Å²) in [6, 6.07) is 16.2. The highest BCUT2D eigenvalue weighted by molar-refractivity contribution is 6.35. The topological polar surface area (TPSA) is 78.1 Å². The van der Waals surface area contributed by atoms with E-state index in [-0.39, 0.29) is 22.4 Å². The molecule has 7 heteroatoms. The molecule has 0 radical (unpaired) electrons. The van der Waals surface area contributed by atoms with Gasteiger partial charge < -0.3 is 10.5 Å². The quantitative estimate of drug-likeness (QED) is 0.640. The summed E-state index contributed by atoms with van der Waals surface area (Å²) in [5, 5.41) is 0.542. The molecule has 1 aromatic heterocycles. The summed E-state index contributed by atoms with van der Waals surface area (Å²) < 4.78 is 5.48. The van der Waals surface area contributed by atoms with Gasteiger partial charge in [0.05, 0.1) is 0 Å². The van der Waals surface area contributed by atoms with Crippen molar-refractivity contribution in [3.63, 3.8) is 0 Å². The van der Waals surface area contributed by atoms with Crippen LogP contribution < -0.4 is 5.73 Å². The number of nitrogen functional groups attached to an aromatic ring is 1. The van der Waals surface area contributed by atoms with Crippen LogP contribution in [0.1, 0.15) is 29.1 Å². The lowest BCUT2D eigenvalue weighted by molar-refractivity contribution is 0.0331. The maximum Gasteiger partial charge on any atom is 0.359 e. The number of carbonyl (C=O) groups is 1. The van der Waals surface area contributed by atoms with E-state index < -0.39 is 12.1 Å². The highest BCUT2D eigenvalue weighted by atomic mass is 35.5. The van der Waals surface area contributed by atoms with E-state index >= 15 is 0 Å². The molecule has 3 rings (SSSR count). The van der Waals surface area contributed by atoms with Gasteiger partial charge in [0, 0.05) is 10.6 Å². The monoisotopic (exact) mass is 387 g/mol. The third-order valence-electron chi connectivity index (χ3n) is 3.73. The minimum Gasteiger partial charge on any atom is -0.453 e. The molecule has 0 bridgehead atoms. The molecule has 0 aliphatic rings. The molecule has 1 atom stereocenters. The Hall–Kier alpha value is -2.63. The molecule has 1 heterocycles. The molecule has 0 aliphatic heterocycles. The number of aromatic nitrogens is 2. The smallest absolute Gasteiger partial charge is 0.359 e. The molecule has 0 amide bonds. The highest BCUT2D eigenvalue weighted by Crippen LogP contribution is 2.27. The molecular weight excluding hydrogens is 373 g/mol. The van der Waals surface area contributed by atoms with E-state index in [1.165, 1.54) is 0 Å². The largest absolute Gasteiger partial charge is 0.453 e. The second-order valence-electron chi connectivity index (χ2n) is 5.56. The van der Waals surface area contributed by atoms with Crippen molar-refractivity contribution in [1.82, 2.24) is 9.97 Å². The number of ether oxygens (including phenoxy) is 1. The van der Waals surface area contributed by atoms with Crippen molar-refractivity contribution in [2.24, 2.45) is 0 Å². The first-order valence-corrected chi connectivity index (χ1v) is 8.56. The zero-order valence-corrected chi connectivity index (χ0v) is 15.3. The predicted molar refractivity (Wildman–Crippen MR) is 102 cm³/mol. The van der Waals surface area contributed by atoms with Crippen LogP contribution in [0.3, 0.4) is 0 Å². The number of halogens is 2. The van der Waals surface area contributed by atoms with Gasteiger partial charge in [0.1, 0.15) is 16.9 Å². The molecule has 2 aromatic carbocycles. The van der Waals surface area contributed by atoms with Gasteiger partial charge in [-0.1, -0.05) is 53.5 Å². The molecule has 0 saturated carbocycles. The zero-order chi connectivity index (χ0) is 18.7. The SMILES string of the molecule is CC(OC(=O)c1nc(-c2ccc(Cl)cc2)nc(N)c1Cl)c1ccccc1. The Morgan fingerprint density at radius 2 is 1.69 bits per heavy atom. The van der Waals surface area contributed by atoms with Crippen LogP contribution in [0.15, 0.2) is 54.6 Å². The van der Waals surface area contributed by atoms with Crippen LogP contribution in [0.4, 0.5) is 5.82 Å². The lowest BCUT2D eigenvalue weighted by Crippen LogP contribution is -2.14. The van der Waals surface area contributed by atoms with Crippen LogP contribution in [0.5, 0.6) is 0 Å². The van der Waals surface area contributed by atoms with E-state index in [2.05, 4.69) is 9.97 Å². The summed E-state index contributed by atoms with van der Waals surface area (Å²) in [5.41, 5.74) is 7.29. The van der Waals surface area contributed by atoms with E-state index in [9.17, 15) is 4.79 Å². The molecule has 0 spiro atoms. The van der Waals surface area contributed by atoms with Crippen molar-refractivity contribution >= 4 is 35.0 Å². The van der Waals surface area contributed by atoms with Crippen molar-refractivity contribution < 1.29 is 9.53 Å². The molecule has 132 valence electrons. The minimum atomic E-state index is -0.671. The van der Waals surface area contributed by atoms with Gasteiger partial charge in [-0.2, -0.15) is 0 Å². The summed E-state index contributed by atoms with van der Waals surface area (Å²) in [4.78, 5) is 20.9. The zero-order valence-electron chi connectivity index (χ0n) is 13.8. The standard InChI is InChI=1S/C19H15Cl2N3O2/c1-11(12-5-3-2-4-6-12)26-19(25)16-15(21)17(22)24-18(23-16)13-7-9-14(20)10-8-13/h2-11H,1H3,(H2,22,23,24). The molecule has 5 nitrogen and oxygen atoms in total. The fourth-order valence-electron chi connectivity index (χ4n) is 2.34. The van der Waals surface area contributed by atoms with Crippen LogP contribution in [0, 0.1) is 0 Å². The minimum absolute atomic E-state index is 0.00549. The predicted octanol–water partition coefficient (Wildman–Crippen LogP) is 4.95. The maximum atomic E-state index is 12.6. The van der Waals surface area contributed by atoms with Gasteiger partial charge in [-0.15, -0.1) is 0 Å². The summed E-state index contributed by atoms with van der Waals surface area (Å²) in [6.07, 6.45) is -0.463. The molecular formula is C19H15Cl2N3O2. The molecule has 0 aliphatic carbocycles. The molecule has 2 N–H and O–H groups in total. The number of anilines is 1. The number of esters is 1. The molecule has 0 fully saturated rings. The van der Waals surface area contributed by atoms with Crippen molar-refractivity contribution in [2.75, 3.05) is 5.73 Å². The van der Waals surface area contributed by atoms with Gasteiger partial charge in [0.15, 0.2) is 11.5 Å². The van der Waals surface area contributed by atoms with Gasteiger partial charge in [0.2, 0.25) is 0 Å². The van der Waals surface area contributed by atoms with Gasteiger partial charge in [-0.3, -0.25) is 0 Å². The van der Waals surface area contributed by atoms with Gasteiger partial charge >= 0.3 is 5.97 Å². The molecule has 0 saturated heterocycles. The summed E-state index contributed by atoms with van der Waals surface area (Å²) in [6.45, 7) is 1.77. The Labute approximate surface area is 160 Å². The average Bonchev–Trinajstić information content (AvgIpc) is 2.65. The van der Waals surface area contributed by atoms with E-state index in [4.69, 9.17) is 33.7 Å². The van der Waals surface area contributed by atoms with E-state index in [1.54, 1.807) is 31.2 Å². The normalized spacial score (nSPS) is 11.8. The van der Waals surface area contributed by atoms with Crippen molar-refractivity contribution in [2.45, 2.75) is 13.0 Å². The Kier molecular flexibility index (Phi) is 5.40. The Morgan fingerprint density at radius 3 is 2.35 bits per heavy atom. The molecule has 1 unspecified atom stereocenters. The lowest BCUT2D eigenvalue weighted by atomic mass is 10.1. The number of rotatable bonds is 4.